The lowest BCUT2D eigenvalue weighted by atomic mass is 10.2. The van der Waals surface area contributed by atoms with Crippen LogP contribution in [0.1, 0.15) is 5.56 Å². The molecule has 4 heterocycles. The predicted molar refractivity (Wildman–Crippen MR) is 89.9 cm³/mol. The average Bonchev–Trinajstić information content (AvgIpc) is 3.09. The smallest absolute Gasteiger partial charge is 0.200 e. The molecule has 3 aromatic rings. The Morgan fingerprint density at radius 3 is 2.75 bits per heavy atom. The fraction of sp³-hybridized carbons (Fsp3) is 0.400. The van der Waals surface area contributed by atoms with Gasteiger partial charge in [0.25, 0.3) is 0 Å². The third-order valence-electron chi connectivity index (χ3n) is 4.18. The third-order valence-corrected chi connectivity index (χ3v) is 4.18. The van der Waals surface area contributed by atoms with Gasteiger partial charge < -0.3 is 15.1 Å². The standard InChI is InChI=1S/C15H19N9/c1-22-6-8-23(9-7-22)14-4-2-12(11-17-14)10-16-13-3-5-15-18-20-21-24(15)19-13/h2-5,11H,6-10H2,1H3,(H,16,19). The Kier molecular flexibility index (Phi) is 3.91. The van der Waals surface area contributed by atoms with Crippen LogP contribution in [0.4, 0.5) is 11.6 Å². The van der Waals surface area contributed by atoms with E-state index in [0.717, 1.165) is 43.4 Å². The van der Waals surface area contributed by atoms with E-state index in [0.29, 0.717) is 12.2 Å². The number of pyridine rings is 1. The molecule has 0 amide bonds. The van der Waals surface area contributed by atoms with Gasteiger partial charge in [-0.2, -0.15) is 0 Å². The van der Waals surface area contributed by atoms with Gasteiger partial charge in [-0.3, -0.25) is 0 Å². The summed E-state index contributed by atoms with van der Waals surface area (Å²) in [4.78, 5) is 9.25. The first kappa shape index (κ1) is 14.8. The van der Waals surface area contributed by atoms with Gasteiger partial charge in [0.1, 0.15) is 11.6 Å². The average molecular weight is 325 g/mol. The van der Waals surface area contributed by atoms with E-state index < -0.39 is 0 Å². The van der Waals surface area contributed by atoms with Crippen LogP contribution in [0, 0.1) is 0 Å². The molecule has 0 spiro atoms. The molecule has 0 saturated carbocycles. The first-order chi connectivity index (χ1) is 11.8. The summed E-state index contributed by atoms with van der Waals surface area (Å²) in [6, 6.07) is 7.87. The van der Waals surface area contributed by atoms with Crippen molar-refractivity contribution in [3.05, 3.63) is 36.0 Å². The van der Waals surface area contributed by atoms with Gasteiger partial charge >= 0.3 is 0 Å². The monoisotopic (exact) mass is 325 g/mol. The molecule has 1 saturated heterocycles. The molecule has 9 heteroatoms. The van der Waals surface area contributed by atoms with Crippen LogP contribution in [0.15, 0.2) is 30.5 Å². The Hall–Kier alpha value is -2.81. The second-order valence-corrected chi connectivity index (χ2v) is 5.91. The van der Waals surface area contributed by atoms with E-state index in [1.54, 1.807) is 0 Å². The largest absolute Gasteiger partial charge is 0.364 e. The van der Waals surface area contributed by atoms with E-state index in [9.17, 15) is 0 Å². The molecule has 4 rings (SSSR count). The Morgan fingerprint density at radius 2 is 1.96 bits per heavy atom. The van der Waals surface area contributed by atoms with Crippen molar-refractivity contribution in [1.29, 1.82) is 0 Å². The first-order valence-corrected chi connectivity index (χ1v) is 7.96. The molecule has 0 aliphatic carbocycles. The zero-order valence-corrected chi connectivity index (χ0v) is 13.5. The van der Waals surface area contributed by atoms with Gasteiger partial charge in [-0.1, -0.05) is 6.07 Å². The van der Waals surface area contributed by atoms with E-state index in [1.807, 2.05) is 18.3 Å². The molecule has 0 unspecified atom stereocenters. The Labute approximate surface area is 139 Å². The summed E-state index contributed by atoms with van der Waals surface area (Å²) >= 11 is 0. The lowest BCUT2D eigenvalue weighted by molar-refractivity contribution is 0.312. The maximum Gasteiger partial charge on any atom is 0.200 e. The molecule has 0 bridgehead atoms. The highest BCUT2D eigenvalue weighted by molar-refractivity contribution is 5.43. The lowest BCUT2D eigenvalue weighted by Gasteiger charge is -2.33. The molecule has 0 radical (unpaired) electrons. The Bertz CT molecular complexity index is 805. The number of likely N-dealkylation sites (N-methyl/N-ethyl adjacent to an activating group) is 1. The summed E-state index contributed by atoms with van der Waals surface area (Å²) in [5.74, 6) is 1.76. The normalized spacial score (nSPS) is 15.8. The van der Waals surface area contributed by atoms with Crippen molar-refractivity contribution in [2.75, 3.05) is 43.4 Å². The summed E-state index contributed by atoms with van der Waals surface area (Å²) < 4.78 is 1.40. The molecule has 24 heavy (non-hydrogen) atoms. The molecule has 124 valence electrons. The van der Waals surface area contributed by atoms with Crippen LogP contribution in [0.25, 0.3) is 5.65 Å². The van der Waals surface area contributed by atoms with E-state index in [2.05, 4.69) is 59.9 Å². The van der Waals surface area contributed by atoms with Crippen LogP contribution in [0.2, 0.25) is 0 Å². The maximum atomic E-state index is 4.59. The van der Waals surface area contributed by atoms with E-state index in [-0.39, 0.29) is 0 Å². The van der Waals surface area contributed by atoms with Gasteiger partial charge in [-0.25, -0.2) is 4.98 Å². The second-order valence-electron chi connectivity index (χ2n) is 5.91. The maximum absolute atomic E-state index is 4.59. The van der Waals surface area contributed by atoms with Gasteiger partial charge in [0.2, 0.25) is 0 Å². The topological polar surface area (TPSA) is 87.4 Å². The summed E-state index contributed by atoms with van der Waals surface area (Å²) in [6.07, 6.45) is 1.91. The zero-order valence-electron chi connectivity index (χ0n) is 13.5. The number of nitrogens with zero attached hydrogens (tertiary/aromatic N) is 8. The summed E-state index contributed by atoms with van der Waals surface area (Å²) in [5.41, 5.74) is 1.73. The van der Waals surface area contributed by atoms with Crippen molar-refractivity contribution in [3.8, 4) is 0 Å². The van der Waals surface area contributed by atoms with Crippen molar-refractivity contribution in [2.45, 2.75) is 6.54 Å². The summed E-state index contributed by atoms with van der Waals surface area (Å²) in [7, 11) is 2.15. The van der Waals surface area contributed by atoms with Crippen LogP contribution >= 0.6 is 0 Å². The summed E-state index contributed by atoms with van der Waals surface area (Å²) in [6.45, 7) is 4.86. The molecule has 1 aliphatic rings. The number of hydrogen-bond donors (Lipinski definition) is 1. The molecule has 9 nitrogen and oxygen atoms in total. The minimum atomic E-state index is 0.624. The second kappa shape index (κ2) is 6.36. The van der Waals surface area contributed by atoms with Crippen molar-refractivity contribution in [3.63, 3.8) is 0 Å². The number of anilines is 2. The molecular formula is C15H19N9. The molecule has 0 aromatic carbocycles. The fourth-order valence-corrected chi connectivity index (χ4v) is 2.68. The molecule has 1 fully saturated rings. The van der Waals surface area contributed by atoms with E-state index in [1.165, 1.54) is 4.63 Å². The molecular weight excluding hydrogens is 306 g/mol. The minimum absolute atomic E-state index is 0.624. The van der Waals surface area contributed by atoms with Crippen molar-refractivity contribution >= 4 is 17.3 Å². The van der Waals surface area contributed by atoms with Crippen molar-refractivity contribution < 1.29 is 0 Å². The number of piperazine rings is 1. The van der Waals surface area contributed by atoms with Crippen LogP contribution in [-0.2, 0) is 6.54 Å². The van der Waals surface area contributed by atoms with Gasteiger partial charge in [0, 0.05) is 38.9 Å². The molecule has 1 aliphatic heterocycles. The highest BCUT2D eigenvalue weighted by atomic mass is 15.6. The number of rotatable bonds is 4. The molecule has 3 aromatic heterocycles. The quantitative estimate of drug-likeness (QED) is 0.732. The zero-order chi connectivity index (χ0) is 16.4. The van der Waals surface area contributed by atoms with Crippen molar-refractivity contribution in [1.82, 2.24) is 35.1 Å². The number of hydrogen-bond acceptors (Lipinski definition) is 8. The van der Waals surface area contributed by atoms with Gasteiger partial charge in [-0.05, 0) is 41.2 Å². The van der Waals surface area contributed by atoms with Crippen LogP contribution in [0.3, 0.4) is 0 Å². The number of aromatic nitrogens is 6. The van der Waals surface area contributed by atoms with E-state index >= 15 is 0 Å². The highest BCUT2D eigenvalue weighted by Gasteiger charge is 2.14. The number of tetrazole rings is 1. The van der Waals surface area contributed by atoms with Crippen molar-refractivity contribution in [2.24, 2.45) is 0 Å². The van der Waals surface area contributed by atoms with Gasteiger partial charge in [0.15, 0.2) is 5.65 Å². The highest BCUT2D eigenvalue weighted by Crippen LogP contribution is 2.14. The molecule has 1 N–H and O–H groups in total. The number of fused-ring (bicyclic) bond motifs is 1. The first-order valence-electron chi connectivity index (χ1n) is 7.96. The molecule has 0 atom stereocenters. The predicted octanol–water partition coefficient (Wildman–Crippen LogP) is 0.278. The Balaban J connectivity index is 1.38. The number of nitrogens with one attached hydrogen (secondary N) is 1. The van der Waals surface area contributed by atoms with E-state index in [4.69, 9.17) is 0 Å². The van der Waals surface area contributed by atoms with Gasteiger partial charge in [-0.15, -0.1) is 14.8 Å². The fourth-order valence-electron chi connectivity index (χ4n) is 2.68. The SMILES string of the molecule is CN1CCN(c2ccc(CNc3ccc4nnnn4n3)cn2)CC1. The lowest BCUT2D eigenvalue weighted by Crippen LogP contribution is -2.44. The van der Waals surface area contributed by atoms with Gasteiger partial charge in [0.05, 0.1) is 0 Å². The van der Waals surface area contributed by atoms with Crippen LogP contribution in [-0.4, -0.2) is 68.4 Å². The van der Waals surface area contributed by atoms with Crippen LogP contribution in [0.5, 0.6) is 0 Å². The third kappa shape index (κ3) is 3.11. The summed E-state index contributed by atoms with van der Waals surface area (Å²) in [5, 5.41) is 18.7. The minimum Gasteiger partial charge on any atom is -0.364 e. The Morgan fingerprint density at radius 1 is 1.08 bits per heavy atom. The van der Waals surface area contributed by atoms with Crippen LogP contribution < -0.4 is 10.2 Å².